The second-order valence-electron chi connectivity index (χ2n) is 5.43. The summed E-state index contributed by atoms with van der Waals surface area (Å²) in [6, 6.07) is 21.4. The highest BCUT2D eigenvalue weighted by atomic mass is 32.1. The summed E-state index contributed by atoms with van der Waals surface area (Å²) in [4.78, 5) is 0. The molecule has 1 N–H and O–H groups in total. The first kappa shape index (κ1) is 15.4. The minimum absolute atomic E-state index is 0.504. The molecule has 0 spiro atoms. The molecular weight excluding hydrogens is 334 g/mol. The van der Waals surface area contributed by atoms with Gasteiger partial charge in [-0.15, -0.1) is 0 Å². The number of nitrogens with one attached hydrogen (secondary N) is 1. The molecule has 2 aromatic carbocycles. The van der Waals surface area contributed by atoms with E-state index in [0.29, 0.717) is 23.0 Å². The zero-order valence-electron chi connectivity index (χ0n) is 13.3. The largest absolute Gasteiger partial charge is 0.489 e. The fourth-order valence-corrected chi connectivity index (χ4v) is 2.78. The van der Waals surface area contributed by atoms with Crippen molar-refractivity contribution in [3.8, 4) is 23.0 Å². The molecule has 5 nitrogen and oxygen atoms in total. The third-order valence-electron chi connectivity index (χ3n) is 3.76. The van der Waals surface area contributed by atoms with Crippen molar-refractivity contribution >= 4 is 12.2 Å². The third kappa shape index (κ3) is 3.25. The average Bonchev–Trinajstić information content (AvgIpc) is 3.31. The first-order valence-corrected chi connectivity index (χ1v) is 8.20. The number of hydrogen-bond donors (Lipinski definition) is 1. The first-order valence-electron chi connectivity index (χ1n) is 7.80. The van der Waals surface area contributed by atoms with Gasteiger partial charge < -0.3 is 9.15 Å². The zero-order chi connectivity index (χ0) is 17.1. The van der Waals surface area contributed by atoms with E-state index in [-0.39, 0.29) is 0 Å². The Morgan fingerprint density at radius 1 is 1.00 bits per heavy atom. The second-order valence-corrected chi connectivity index (χ2v) is 5.82. The molecule has 0 radical (unpaired) electrons. The van der Waals surface area contributed by atoms with Gasteiger partial charge in [-0.05, 0) is 54.2 Å². The minimum Gasteiger partial charge on any atom is -0.489 e. The van der Waals surface area contributed by atoms with Crippen LogP contribution in [0.4, 0.5) is 0 Å². The minimum atomic E-state index is 0.504. The topological polar surface area (TPSA) is 56.0 Å². The van der Waals surface area contributed by atoms with Crippen LogP contribution in [-0.4, -0.2) is 14.8 Å². The van der Waals surface area contributed by atoms with Crippen LogP contribution in [0.1, 0.15) is 5.56 Å². The smallest absolute Gasteiger partial charge is 0.202 e. The lowest BCUT2D eigenvalue weighted by Crippen LogP contribution is -1.98. The van der Waals surface area contributed by atoms with Gasteiger partial charge >= 0.3 is 0 Å². The van der Waals surface area contributed by atoms with E-state index in [1.165, 1.54) is 0 Å². The van der Waals surface area contributed by atoms with E-state index in [1.54, 1.807) is 6.26 Å². The highest BCUT2D eigenvalue weighted by Crippen LogP contribution is 2.23. The molecule has 0 fully saturated rings. The van der Waals surface area contributed by atoms with E-state index >= 15 is 0 Å². The summed E-state index contributed by atoms with van der Waals surface area (Å²) in [6.07, 6.45) is 1.61. The molecule has 25 heavy (non-hydrogen) atoms. The number of aromatic nitrogens is 3. The van der Waals surface area contributed by atoms with Gasteiger partial charge in [-0.1, -0.05) is 30.3 Å². The van der Waals surface area contributed by atoms with E-state index in [0.717, 1.165) is 17.0 Å². The zero-order valence-corrected chi connectivity index (χ0v) is 14.1. The van der Waals surface area contributed by atoms with Gasteiger partial charge in [0.15, 0.2) is 10.5 Å². The highest BCUT2D eigenvalue weighted by molar-refractivity contribution is 7.71. The van der Waals surface area contributed by atoms with Gasteiger partial charge in [0.1, 0.15) is 12.4 Å². The van der Waals surface area contributed by atoms with Gasteiger partial charge in [-0.25, -0.2) is 0 Å². The molecule has 0 aliphatic rings. The molecule has 4 rings (SSSR count). The Balaban J connectivity index is 1.57. The molecule has 0 aliphatic heterocycles. The van der Waals surface area contributed by atoms with Gasteiger partial charge in [0.05, 0.1) is 12.0 Å². The maximum absolute atomic E-state index is 5.82. The fourth-order valence-electron chi connectivity index (χ4n) is 2.54. The van der Waals surface area contributed by atoms with Crippen molar-refractivity contribution < 1.29 is 9.15 Å². The molecule has 0 aliphatic carbocycles. The maximum atomic E-state index is 5.82. The summed E-state index contributed by atoms with van der Waals surface area (Å²) in [5, 5.41) is 7.06. The lowest BCUT2D eigenvalue weighted by atomic mass is 10.2. The van der Waals surface area contributed by atoms with Crippen molar-refractivity contribution in [1.29, 1.82) is 0 Å². The molecular formula is C19H15N3O2S. The van der Waals surface area contributed by atoms with Gasteiger partial charge in [0, 0.05) is 0 Å². The molecule has 4 aromatic rings. The molecule has 0 saturated carbocycles. The van der Waals surface area contributed by atoms with Gasteiger partial charge in [0.25, 0.3) is 0 Å². The lowest BCUT2D eigenvalue weighted by Gasteiger charge is -2.09. The van der Waals surface area contributed by atoms with Crippen molar-refractivity contribution in [3.63, 3.8) is 0 Å². The molecule has 0 saturated heterocycles. The van der Waals surface area contributed by atoms with Gasteiger partial charge in [-0.3, -0.25) is 9.67 Å². The van der Waals surface area contributed by atoms with E-state index in [1.807, 2.05) is 71.3 Å². The Bertz CT molecular complexity index is 1000. The standard InChI is InChI=1S/C19H15N3O2S/c25-19-21-20-18(17-7-4-12-23-17)22(19)15-8-10-16(11-9-15)24-13-14-5-2-1-3-6-14/h1-12H,13H2,(H,21,25). The number of benzene rings is 2. The third-order valence-corrected chi connectivity index (χ3v) is 4.03. The molecule has 0 atom stereocenters. The Kier molecular flexibility index (Phi) is 4.18. The van der Waals surface area contributed by atoms with Crippen LogP contribution in [0, 0.1) is 4.77 Å². The predicted octanol–water partition coefficient (Wildman–Crippen LogP) is 4.77. The van der Waals surface area contributed by atoms with Crippen LogP contribution in [0.5, 0.6) is 5.75 Å². The highest BCUT2D eigenvalue weighted by Gasteiger charge is 2.13. The van der Waals surface area contributed by atoms with E-state index in [2.05, 4.69) is 10.2 Å². The Labute approximate surface area is 149 Å². The summed E-state index contributed by atoms with van der Waals surface area (Å²) < 4.78 is 13.6. The summed E-state index contributed by atoms with van der Waals surface area (Å²) in [5.41, 5.74) is 2.01. The predicted molar refractivity (Wildman–Crippen MR) is 97.2 cm³/mol. The van der Waals surface area contributed by atoms with Gasteiger partial charge in [-0.2, -0.15) is 5.10 Å². The summed E-state index contributed by atoms with van der Waals surface area (Å²) >= 11 is 5.35. The number of ether oxygens (including phenoxy) is 1. The quantitative estimate of drug-likeness (QED) is 0.527. The number of furan rings is 1. The normalized spacial score (nSPS) is 10.7. The van der Waals surface area contributed by atoms with Crippen LogP contribution in [0.2, 0.25) is 0 Å². The number of rotatable bonds is 5. The molecule has 0 unspecified atom stereocenters. The summed E-state index contributed by atoms with van der Waals surface area (Å²) in [7, 11) is 0. The summed E-state index contributed by atoms with van der Waals surface area (Å²) in [5.74, 6) is 2.08. The van der Waals surface area contributed by atoms with E-state index in [4.69, 9.17) is 21.4 Å². The summed E-state index contributed by atoms with van der Waals surface area (Å²) in [6.45, 7) is 0.531. The molecule has 2 heterocycles. The number of aromatic amines is 1. The molecule has 124 valence electrons. The number of H-pyrrole nitrogens is 1. The van der Waals surface area contributed by atoms with Gasteiger partial charge in [0.2, 0.25) is 5.82 Å². The monoisotopic (exact) mass is 349 g/mol. The Morgan fingerprint density at radius 2 is 1.80 bits per heavy atom. The fraction of sp³-hybridized carbons (Fsp3) is 0.0526. The lowest BCUT2D eigenvalue weighted by molar-refractivity contribution is 0.306. The van der Waals surface area contributed by atoms with E-state index < -0.39 is 0 Å². The molecule has 2 aromatic heterocycles. The van der Waals surface area contributed by atoms with Crippen LogP contribution >= 0.6 is 12.2 Å². The van der Waals surface area contributed by atoms with Crippen molar-refractivity contribution in [3.05, 3.63) is 83.3 Å². The van der Waals surface area contributed by atoms with Crippen LogP contribution in [0.25, 0.3) is 17.3 Å². The SMILES string of the molecule is S=c1[nH]nc(-c2ccco2)n1-c1ccc(OCc2ccccc2)cc1. The molecule has 0 amide bonds. The van der Waals surface area contributed by atoms with E-state index in [9.17, 15) is 0 Å². The Hall–Kier alpha value is -3.12. The first-order chi connectivity index (χ1) is 12.3. The number of hydrogen-bond acceptors (Lipinski definition) is 4. The second kappa shape index (κ2) is 6.78. The van der Waals surface area contributed by atoms with Crippen LogP contribution in [-0.2, 0) is 6.61 Å². The molecule has 0 bridgehead atoms. The van der Waals surface area contributed by atoms with Crippen molar-refractivity contribution in [2.75, 3.05) is 0 Å². The van der Waals surface area contributed by atoms with Crippen molar-refractivity contribution in [2.24, 2.45) is 0 Å². The Morgan fingerprint density at radius 3 is 2.52 bits per heavy atom. The molecule has 6 heteroatoms. The van der Waals surface area contributed by atoms with Crippen molar-refractivity contribution in [1.82, 2.24) is 14.8 Å². The van der Waals surface area contributed by atoms with Crippen LogP contribution < -0.4 is 4.74 Å². The van der Waals surface area contributed by atoms with Crippen LogP contribution in [0.15, 0.2) is 77.4 Å². The number of nitrogens with zero attached hydrogens (tertiary/aromatic N) is 2. The van der Waals surface area contributed by atoms with Crippen LogP contribution in [0.3, 0.4) is 0 Å². The van der Waals surface area contributed by atoms with Crippen molar-refractivity contribution in [2.45, 2.75) is 6.61 Å². The average molecular weight is 349 g/mol. The maximum Gasteiger partial charge on any atom is 0.202 e.